The lowest BCUT2D eigenvalue weighted by atomic mass is 10.2. The molecule has 0 aromatic heterocycles. The minimum absolute atomic E-state index is 0.0510. The van der Waals surface area contributed by atoms with Gasteiger partial charge in [-0.3, -0.25) is 9.59 Å². The molecule has 0 fully saturated rings. The van der Waals surface area contributed by atoms with Gasteiger partial charge in [0.2, 0.25) is 0 Å². The minimum Gasteiger partial charge on any atom is -0.497 e. The maximum atomic E-state index is 12.5. The highest BCUT2D eigenvalue weighted by Crippen LogP contribution is 2.23. The van der Waals surface area contributed by atoms with Crippen molar-refractivity contribution in [1.82, 2.24) is 4.90 Å². The van der Waals surface area contributed by atoms with E-state index < -0.39 is 18.4 Å². The first-order valence-electron chi connectivity index (χ1n) is 8.29. The SMILES string of the molecule is COc1cc(CN(CC(=O)O)C(=O)COc2ccc(C#N)cc2)cc(OC)c1. The largest absolute Gasteiger partial charge is 0.497 e. The Balaban J connectivity index is 2.10. The van der Waals surface area contributed by atoms with Gasteiger partial charge < -0.3 is 24.2 Å². The third-order valence-corrected chi connectivity index (χ3v) is 3.81. The summed E-state index contributed by atoms with van der Waals surface area (Å²) in [4.78, 5) is 24.9. The average Bonchev–Trinajstić information content (AvgIpc) is 2.71. The number of hydrogen-bond donors (Lipinski definition) is 1. The number of benzene rings is 2. The molecule has 8 nitrogen and oxygen atoms in total. The zero-order valence-corrected chi connectivity index (χ0v) is 15.5. The van der Waals surface area contributed by atoms with Crippen molar-refractivity contribution in [3.05, 3.63) is 53.6 Å². The normalized spacial score (nSPS) is 9.89. The average molecular weight is 384 g/mol. The summed E-state index contributed by atoms with van der Waals surface area (Å²) in [7, 11) is 3.01. The molecule has 0 atom stereocenters. The third-order valence-electron chi connectivity index (χ3n) is 3.81. The van der Waals surface area contributed by atoms with Crippen LogP contribution in [-0.2, 0) is 16.1 Å². The van der Waals surface area contributed by atoms with Crippen LogP contribution in [0, 0.1) is 11.3 Å². The Morgan fingerprint density at radius 2 is 1.64 bits per heavy atom. The molecule has 0 radical (unpaired) electrons. The smallest absolute Gasteiger partial charge is 0.323 e. The Bertz CT molecular complexity index is 851. The molecule has 146 valence electrons. The number of hydrogen-bond acceptors (Lipinski definition) is 6. The Morgan fingerprint density at radius 3 is 2.14 bits per heavy atom. The number of carbonyl (C=O) groups excluding carboxylic acids is 1. The van der Waals surface area contributed by atoms with E-state index in [1.165, 1.54) is 19.1 Å². The summed E-state index contributed by atoms with van der Waals surface area (Å²) in [5.41, 5.74) is 1.13. The highest BCUT2D eigenvalue weighted by Gasteiger charge is 2.19. The van der Waals surface area contributed by atoms with E-state index in [0.29, 0.717) is 28.4 Å². The Morgan fingerprint density at radius 1 is 1.04 bits per heavy atom. The van der Waals surface area contributed by atoms with Crippen molar-refractivity contribution in [3.8, 4) is 23.3 Å². The van der Waals surface area contributed by atoms with Gasteiger partial charge in [-0.2, -0.15) is 5.26 Å². The summed E-state index contributed by atoms with van der Waals surface area (Å²) in [6.45, 7) is -0.759. The molecular weight excluding hydrogens is 364 g/mol. The standard InChI is InChI=1S/C20H20N2O6/c1-26-17-7-15(8-18(9-17)27-2)11-22(12-20(24)25)19(23)13-28-16-5-3-14(10-21)4-6-16/h3-9H,11-13H2,1-2H3,(H,24,25). The van der Waals surface area contributed by atoms with Gasteiger partial charge in [0.05, 0.1) is 25.9 Å². The second-order valence-electron chi connectivity index (χ2n) is 5.79. The maximum Gasteiger partial charge on any atom is 0.323 e. The molecule has 0 aliphatic carbocycles. The summed E-state index contributed by atoms with van der Waals surface area (Å²) >= 11 is 0. The molecule has 0 saturated carbocycles. The van der Waals surface area contributed by atoms with Gasteiger partial charge in [0.15, 0.2) is 6.61 Å². The molecule has 28 heavy (non-hydrogen) atoms. The summed E-state index contributed by atoms with van der Waals surface area (Å²) in [6, 6.07) is 13.3. The summed E-state index contributed by atoms with van der Waals surface area (Å²) in [5.74, 6) is -0.155. The molecule has 2 aromatic carbocycles. The molecule has 0 spiro atoms. The van der Waals surface area contributed by atoms with Crippen LogP contribution in [0.5, 0.6) is 17.2 Å². The van der Waals surface area contributed by atoms with Crippen LogP contribution >= 0.6 is 0 Å². The van der Waals surface area contributed by atoms with E-state index in [4.69, 9.17) is 24.6 Å². The van der Waals surface area contributed by atoms with Crippen LogP contribution in [0.2, 0.25) is 0 Å². The van der Waals surface area contributed by atoms with Crippen LogP contribution in [0.15, 0.2) is 42.5 Å². The van der Waals surface area contributed by atoms with Crippen molar-refractivity contribution in [3.63, 3.8) is 0 Å². The van der Waals surface area contributed by atoms with Crippen molar-refractivity contribution in [1.29, 1.82) is 5.26 Å². The summed E-state index contributed by atoms with van der Waals surface area (Å²) in [6.07, 6.45) is 0. The van der Waals surface area contributed by atoms with Gasteiger partial charge >= 0.3 is 5.97 Å². The van der Waals surface area contributed by atoms with Crippen LogP contribution in [0.1, 0.15) is 11.1 Å². The topological polar surface area (TPSA) is 109 Å². The van der Waals surface area contributed by atoms with E-state index >= 15 is 0 Å². The number of carboxylic acids is 1. The first-order valence-corrected chi connectivity index (χ1v) is 8.29. The fraction of sp³-hybridized carbons (Fsp3) is 0.250. The zero-order valence-electron chi connectivity index (χ0n) is 15.5. The Labute approximate surface area is 162 Å². The monoisotopic (exact) mass is 384 g/mol. The number of aliphatic carboxylic acids is 1. The van der Waals surface area contributed by atoms with Gasteiger partial charge in [0.1, 0.15) is 23.8 Å². The molecule has 0 heterocycles. The second kappa shape index (κ2) is 9.83. The molecule has 0 aliphatic heterocycles. The highest BCUT2D eigenvalue weighted by molar-refractivity contribution is 5.82. The van der Waals surface area contributed by atoms with Crippen LogP contribution in [0.3, 0.4) is 0 Å². The lowest BCUT2D eigenvalue weighted by Gasteiger charge is -2.21. The van der Waals surface area contributed by atoms with E-state index in [1.54, 1.807) is 42.5 Å². The van der Waals surface area contributed by atoms with Crippen LogP contribution < -0.4 is 14.2 Å². The molecule has 1 amide bonds. The number of amides is 1. The van der Waals surface area contributed by atoms with Crippen molar-refractivity contribution in [2.75, 3.05) is 27.4 Å². The van der Waals surface area contributed by atoms with E-state index in [2.05, 4.69) is 0 Å². The first kappa shape index (κ1) is 20.6. The van der Waals surface area contributed by atoms with Crippen molar-refractivity contribution < 1.29 is 28.9 Å². The number of rotatable bonds is 9. The van der Waals surface area contributed by atoms with Crippen molar-refractivity contribution >= 4 is 11.9 Å². The Hall–Kier alpha value is -3.73. The van der Waals surface area contributed by atoms with Gasteiger partial charge in [-0.05, 0) is 42.0 Å². The van der Waals surface area contributed by atoms with Crippen LogP contribution in [0.25, 0.3) is 0 Å². The number of ether oxygens (including phenoxy) is 3. The molecule has 1 N–H and O–H groups in total. The van der Waals surface area contributed by atoms with Gasteiger partial charge in [0.25, 0.3) is 5.91 Å². The fourth-order valence-corrected chi connectivity index (χ4v) is 2.44. The number of carbonyl (C=O) groups is 2. The maximum absolute atomic E-state index is 12.5. The van der Waals surface area contributed by atoms with Gasteiger partial charge in [-0.25, -0.2) is 0 Å². The molecule has 0 aliphatic rings. The zero-order chi connectivity index (χ0) is 20.5. The number of methoxy groups -OCH3 is 2. The van der Waals surface area contributed by atoms with E-state index in [1.807, 2.05) is 6.07 Å². The Kier molecular flexibility index (Phi) is 7.22. The molecule has 0 saturated heterocycles. The number of nitrogens with zero attached hydrogens (tertiary/aromatic N) is 2. The molecular formula is C20H20N2O6. The van der Waals surface area contributed by atoms with Crippen molar-refractivity contribution in [2.45, 2.75) is 6.54 Å². The minimum atomic E-state index is -1.14. The molecule has 0 unspecified atom stereocenters. The highest BCUT2D eigenvalue weighted by atomic mass is 16.5. The molecule has 2 aromatic rings. The number of nitriles is 1. The molecule has 2 rings (SSSR count). The van der Waals surface area contributed by atoms with Gasteiger partial charge in [-0.1, -0.05) is 0 Å². The summed E-state index contributed by atoms with van der Waals surface area (Å²) < 4.78 is 15.8. The molecule has 8 heteroatoms. The van der Waals surface area contributed by atoms with E-state index in [9.17, 15) is 9.59 Å². The third kappa shape index (κ3) is 5.92. The number of carboxylic acid groups (broad SMARTS) is 1. The van der Waals surface area contributed by atoms with Gasteiger partial charge in [-0.15, -0.1) is 0 Å². The predicted molar refractivity (Wildman–Crippen MR) is 99.3 cm³/mol. The lowest BCUT2D eigenvalue weighted by molar-refractivity contribution is -0.145. The van der Waals surface area contributed by atoms with E-state index in [0.717, 1.165) is 0 Å². The van der Waals surface area contributed by atoms with Crippen LogP contribution in [0.4, 0.5) is 0 Å². The summed E-state index contributed by atoms with van der Waals surface area (Å²) in [5, 5.41) is 17.9. The molecule has 0 bridgehead atoms. The lowest BCUT2D eigenvalue weighted by Crippen LogP contribution is -2.38. The van der Waals surface area contributed by atoms with Crippen molar-refractivity contribution in [2.24, 2.45) is 0 Å². The van der Waals surface area contributed by atoms with Crippen LogP contribution in [-0.4, -0.2) is 49.3 Å². The quantitative estimate of drug-likeness (QED) is 0.705. The fourth-order valence-electron chi connectivity index (χ4n) is 2.44. The van der Waals surface area contributed by atoms with Gasteiger partial charge in [0, 0.05) is 12.6 Å². The second-order valence-corrected chi connectivity index (χ2v) is 5.79. The first-order chi connectivity index (χ1) is 13.4. The predicted octanol–water partition coefficient (Wildman–Crippen LogP) is 2.07. The van der Waals surface area contributed by atoms with E-state index in [-0.39, 0.29) is 13.2 Å².